The van der Waals surface area contributed by atoms with Crippen molar-refractivity contribution in [3.63, 3.8) is 0 Å². The van der Waals surface area contributed by atoms with Gasteiger partial charge in [-0.2, -0.15) is 5.01 Å². The highest BCUT2D eigenvalue weighted by molar-refractivity contribution is 9.10. The Kier molecular flexibility index (Phi) is 8.68. The fourth-order valence-corrected chi connectivity index (χ4v) is 4.89. The third-order valence-corrected chi connectivity index (χ3v) is 7.22. The second kappa shape index (κ2) is 11.9. The Labute approximate surface area is 231 Å². The van der Waals surface area contributed by atoms with Gasteiger partial charge in [0.05, 0.1) is 11.5 Å². The zero-order valence-corrected chi connectivity index (χ0v) is 23.0. The number of nitrogens with one attached hydrogen (secondary N) is 1. The third kappa shape index (κ3) is 6.28. The molecule has 0 radical (unpaired) electrons. The summed E-state index contributed by atoms with van der Waals surface area (Å²) in [6.07, 6.45) is 1.70. The van der Waals surface area contributed by atoms with Crippen LogP contribution >= 0.6 is 51.5 Å². The summed E-state index contributed by atoms with van der Waals surface area (Å²) >= 11 is 16.0. The Balaban J connectivity index is 1.49. The monoisotopic (exact) mass is 602 g/mol. The van der Waals surface area contributed by atoms with E-state index in [-0.39, 0.29) is 10.9 Å². The minimum Gasteiger partial charge on any atom is -0.490 e. The van der Waals surface area contributed by atoms with Gasteiger partial charge in [0.1, 0.15) is 6.61 Å². The quantitative estimate of drug-likeness (QED) is 0.230. The van der Waals surface area contributed by atoms with Crippen molar-refractivity contribution in [1.82, 2.24) is 10.4 Å². The van der Waals surface area contributed by atoms with Crippen molar-refractivity contribution in [2.24, 2.45) is 0 Å². The maximum absolute atomic E-state index is 13.0. The SMILES string of the molecule is CCOc1cc(/C=C2\SC(=S)N(NC(=O)c3ccc(Br)cc3)C2=O)ccc1OCc1ccccc1Cl. The molecular formula is C26H20BrClN2O4S2. The van der Waals surface area contributed by atoms with Gasteiger partial charge in [0.25, 0.3) is 11.8 Å². The minimum absolute atomic E-state index is 0.237. The van der Waals surface area contributed by atoms with Crippen LogP contribution in [0.5, 0.6) is 11.5 Å². The molecule has 0 bridgehead atoms. The number of hydrogen-bond donors (Lipinski definition) is 1. The van der Waals surface area contributed by atoms with Gasteiger partial charge in [-0.1, -0.05) is 63.6 Å². The van der Waals surface area contributed by atoms with E-state index in [0.717, 1.165) is 32.4 Å². The summed E-state index contributed by atoms with van der Waals surface area (Å²) in [5.74, 6) is 0.256. The van der Waals surface area contributed by atoms with Crippen molar-refractivity contribution in [2.45, 2.75) is 13.5 Å². The van der Waals surface area contributed by atoms with E-state index in [2.05, 4.69) is 21.4 Å². The van der Waals surface area contributed by atoms with Gasteiger partial charge in [0.2, 0.25) is 0 Å². The highest BCUT2D eigenvalue weighted by atomic mass is 79.9. The molecule has 36 heavy (non-hydrogen) atoms. The maximum atomic E-state index is 13.0. The molecule has 3 aromatic carbocycles. The van der Waals surface area contributed by atoms with Gasteiger partial charge in [-0.3, -0.25) is 15.0 Å². The molecule has 184 valence electrons. The summed E-state index contributed by atoms with van der Waals surface area (Å²) in [4.78, 5) is 25.9. The number of ether oxygens (including phenoxy) is 2. The molecule has 0 aromatic heterocycles. The predicted molar refractivity (Wildman–Crippen MR) is 150 cm³/mol. The Morgan fingerprint density at radius 3 is 2.58 bits per heavy atom. The zero-order chi connectivity index (χ0) is 25.7. The normalized spacial score (nSPS) is 14.3. The fourth-order valence-electron chi connectivity index (χ4n) is 3.26. The summed E-state index contributed by atoms with van der Waals surface area (Å²) in [6.45, 7) is 2.61. The number of benzene rings is 3. The fraction of sp³-hybridized carbons (Fsp3) is 0.115. The Morgan fingerprint density at radius 1 is 1.11 bits per heavy atom. The van der Waals surface area contributed by atoms with Crippen LogP contribution in [0.4, 0.5) is 0 Å². The zero-order valence-electron chi connectivity index (χ0n) is 19.0. The van der Waals surface area contributed by atoms with Gasteiger partial charge in [-0.05, 0) is 73.2 Å². The number of carbonyl (C=O) groups is 2. The molecule has 4 rings (SSSR count). The number of carbonyl (C=O) groups excluding carboxylic acids is 2. The molecule has 1 heterocycles. The first-order chi connectivity index (χ1) is 17.4. The number of halogens is 2. The maximum Gasteiger partial charge on any atom is 0.285 e. The van der Waals surface area contributed by atoms with Gasteiger partial charge in [0.15, 0.2) is 15.8 Å². The molecule has 1 saturated heterocycles. The summed E-state index contributed by atoms with van der Waals surface area (Å²) < 4.78 is 12.8. The molecule has 2 amide bonds. The molecule has 3 aromatic rings. The Morgan fingerprint density at radius 2 is 1.86 bits per heavy atom. The molecule has 1 fully saturated rings. The lowest BCUT2D eigenvalue weighted by Crippen LogP contribution is -2.44. The van der Waals surface area contributed by atoms with Crippen molar-refractivity contribution >= 4 is 73.7 Å². The van der Waals surface area contributed by atoms with Crippen LogP contribution in [-0.2, 0) is 11.4 Å². The van der Waals surface area contributed by atoms with Crippen LogP contribution in [0.1, 0.15) is 28.4 Å². The van der Waals surface area contributed by atoms with Crippen LogP contribution in [0, 0.1) is 0 Å². The summed E-state index contributed by atoms with van der Waals surface area (Å²) in [6, 6.07) is 19.6. The van der Waals surface area contributed by atoms with Crippen LogP contribution in [-0.4, -0.2) is 27.8 Å². The number of thiocarbonyl (C=S) groups is 1. The molecule has 0 saturated carbocycles. The van der Waals surface area contributed by atoms with Crippen LogP contribution in [0.15, 0.2) is 76.1 Å². The molecule has 1 N–H and O–H groups in total. The number of amides is 2. The highest BCUT2D eigenvalue weighted by Gasteiger charge is 2.33. The lowest BCUT2D eigenvalue weighted by atomic mass is 10.1. The van der Waals surface area contributed by atoms with E-state index in [1.165, 1.54) is 0 Å². The molecule has 0 aliphatic carbocycles. The van der Waals surface area contributed by atoms with E-state index in [4.69, 9.17) is 33.3 Å². The summed E-state index contributed by atoms with van der Waals surface area (Å²) in [5, 5.41) is 1.71. The highest BCUT2D eigenvalue weighted by Crippen LogP contribution is 2.35. The van der Waals surface area contributed by atoms with Crippen LogP contribution in [0.3, 0.4) is 0 Å². The average Bonchev–Trinajstić information content (AvgIpc) is 3.12. The molecule has 0 unspecified atom stereocenters. The van der Waals surface area contributed by atoms with E-state index < -0.39 is 11.8 Å². The summed E-state index contributed by atoms with van der Waals surface area (Å²) in [7, 11) is 0. The van der Waals surface area contributed by atoms with Crippen molar-refractivity contribution in [2.75, 3.05) is 6.61 Å². The topological polar surface area (TPSA) is 67.9 Å². The number of nitrogens with zero attached hydrogens (tertiary/aromatic N) is 1. The summed E-state index contributed by atoms with van der Waals surface area (Å²) in [5.41, 5.74) is 4.57. The largest absolute Gasteiger partial charge is 0.490 e. The molecule has 1 aliphatic heterocycles. The van der Waals surface area contributed by atoms with E-state index >= 15 is 0 Å². The minimum atomic E-state index is -0.432. The van der Waals surface area contributed by atoms with E-state index in [0.29, 0.717) is 33.6 Å². The van der Waals surface area contributed by atoms with Crippen molar-refractivity contribution in [1.29, 1.82) is 0 Å². The Hall–Kier alpha value is -2.85. The lowest BCUT2D eigenvalue weighted by molar-refractivity contribution is -0.123. The number of hydrazine groups is 1. The first-order valence-electron chi connectivity index (χ1n) is 10.8. The molecular weight excluding hydrogens is 584 g/mol. The standard InChI is InChI=1S/C26H20BrClN2O4S2/c1-2-33-22-13-16(7-12-21(22)34-15-18-5-3-4-6-20(18)28)14-23-25(32)30(26(35)36-23)29-24(31)17-8-10-19(27)11-9-17/h3-14H,2,15H2,1H3,(H,29,31)/b23-14-. The second-order valence-electron chi connectivity index (χ2n) is 7.48. The molecule has 1 aliphatic rings. The lowest BCUT2D eigenvalue weighted by Gasteiger charge is -2.15. The van der Waals surface area contributed by atoms with Crippen LogP contribution < -0.4 is 14.9 Å². The first-order valence-corrected chi connectivity index (χ1v) is 13.2. The van der Waals surface area contributed by atoms with E-state index in [9.17, 15) is 9.59 Å². The van der Waals surface area contributed by atoms with Gasteiger partial charge >= 0.3 is 0 Å². The van der Waals surface area contributed by atoms with Crippen LogP contribution in [0.2, 0.25) is 5.02 Å². The van der Waals surface area contributed by atoms with Crippen molar-refractivity contribution in [3.8, 4) is 11.5 Å². The molecule has 6 nitrogen and oxygen atoms in total. The van der Waals surface area contributed by atoms with Crippen LogP contribution in [0.25, 0.3) is 6.08 Å². The van der Waals surface area contributed by atoms with E-state index in [1.54, 1.807) is 42.5 Å². The molecule has 10 heteroatoms. The Bertz CT molecular complexity index is 1350. The average molecular weight is 604 g/mol. The van der Waals surface area contributed by atoms with Gasteiger partial charge in [-0.15, -0.1) is 0 Å². The predicted octanol–water partition coefficient (Wildman–Crippen LogP) is 6.63. The van der Waals surface area contributed by atoms with Crippen molar-refractivity contribution in [3.05, 3.63) is 97.8 Å². The van der Waals surface area contributed by atoms with Gasteiger partial charge in [0, 0.05) is 20.6 Å². The van der Waals surface area contributed by atoms with Gasteiger partial charge < -0.3 is 9.47 Å². The van der Waals surface area contributed by atoms with Crippen molar-refractivity contribution < 1.29 is 19.1 Å². The number of hydrogen-bond acceptors (Lipinski definition) is 6. The molecule has 0 spiro atoms. The molecule has 0 atom stereocenters. The third-order valence-electron chi connectivity index (χ3n) is 5.02. The number of thioether (sulfide) groups is 1. The second-order valence-corrected chi connectivity index (χ2v) is 10.5. The van der Waals surface area contributed by atoms with E-state index in [1.807, 2.05) is 37.3 Å². The smallest absolute Gasteiger partial charge is 0.285 e. The number of rotatable bonds is 8. The van der Waals surface area contributed by atoms with Gasteiger partial charge in [-0.25, -0.2) is 0 Å². The first kappa shape index (κ1) is 26.2.